The Bertz CT molecular complexity index is 876. The van der Waals surface area contributed by atoms with E-state index in [1.54, 1.807) is 13.3 Å². The lowest BCUT2D eigenvalue weighted by atomic mass is 10.2. The van der Waals surface area contributed by atoms with Gasteiger partial charge >= 0.3 is 0 Å². The van der Waals surface area contributed by atoms with Crippen molar-refractivity contribution in [2.75, 3.05) is 12.5 Å². The molecule has 1 N–H and O–H groups in total. The molecule has 0 aromatic heterocycles. The molecule has 0 aliphatic heterocycles. The van der Waals surface area contributed by atoms with E-state index in [9.17, 15) is 0 Å². The summed E-state index contributed by atoms with van der Waals surface area (Å²) >= 11 is 0. The molecule has 132 valence electrons. The molecule has 0 spiro atoms. The van der Waals surface area contributed by atoms with Gasteiger partial charge in [-0.2, -0.15) is 5.10 Å². The first kappa shape index (κ1) is 17.5. The molecule has 0 saturated heterocycles. The fourth-order valence-corrected chi connectivity index (χ4v) is 2.50. The van der Waals surface area contributed by atoms with Gasteiger partial charge in [-0.25, -0.2) is 0 Å². The molecular weight excluding hydrogens is 324 g/mol. The number of nitrogens with one attached hydrogen (secondary N) is 1. The molecule has 0 aliphatic rings. The van der Waals surface area contributed by atoms with Crippen molar-refractivity contribution >= 4 is 11.9 Å². The molecule has 0 heterocycles. The van der Waals surface area contributed by atoms with Gasteiger partial charge in [0, 0.05) is 0 Å². The maximum absolute atomic E-state index is 5.93. The number of hydrogen-bond acceptors (Lipinski definition) is 4. The Hall–Kier alpha value is -3.27. The Balaban J connectivity index is 1.70. The Morgan fingerprint density at radius 2 is 1.69 bits per heavy atom. The van der Waals surface area contributed by atoms with E-state index < -0.39 is 0 Å². The minimum Gasteiger partial charge on any atom is -0.493 e. The van der Waals surface area contributed by atoms with Crippen molar-refractivity contribution < 1.29 is 9.47 Å². The van der Waals surface area contributed by atoms with Gasteiger partial charge in [0.05, 0.1) is 19.0 Å². The highest BCUT2D eigenvalue weighted by Crippen LogP contribution is 2.28. The summed E-state index contributed by atoms with van der Waals surface area (Å²) < 4.78 is 11.3. The summed E-state index contributed by atoms with van der Waals surface area (Å²) in [7, 11) is 1.64. The highest BCUT2D eigenvalue weighted by molar-refractivity contribution is 5.81. The second-order valence-electron chi connectivity index (χ2n) is 5.87. The standard InChI is InChI=1S/C22H22N2O2/c1-17-8-6-7-11-20(17)24-23-15-19-12-13-21(25-2)22(14-19)26-16-18-9-4-3-5-10-18/h3-15,24H,16H2,1-2H3/b23-15-. The lowest BCUT2D eigenvalue weighted by Gasteiger charge is -2.11. The molecule has 26 heavy (non-hydrogen) atoms. The molecule has 0 aliphatic carbocycles. The minimum atomic E-state index is 0.485. The molecule has 0 fully saturated rings. The number of aryl methyl sites for hydroxylation is 1. The quantitative estimate of drug-likeness (QED) is 0.482. The van der Waals surface area contributed by atoms with Crippen LogP contribution in [0.3, 0.4) is 0 Å². The number of nitrogens with zero attached hydrogens (tertiary/aromatic N) is 1. The SMILES string of the molecule is COc1ccc(/C=N\Nc2ccccc2C)cc1OCc1ccccc1. The minimum absolute atomic E-state index is 0.485. The molecule has 0 saturated carbocycles. The molecule has 0 amide bonds. The summed E-state index contributed by atoms with van der Waals surface area (Å²) in [6.45, 7) is 2.53. The molecule has 3 rings (SSSR count). The first-order valence-electron chi connectivity index (χ1n) is 8.46. The predicted octanol–water partition coefficient (Wildman–Crippen LogP) is 5.03. The lowest BCUT2D eigenvalue weighted by molar-refractivity contribution is 0.284. The summed E-state index contributed by atoms with van der Waals surface area (Å²) in [6.07, 6.45) is 1.77. The Labute approximate surface area is 154 Å². The van der Waals surface area contributed by atoms with Crippen LogP contribution in [0.5, 0.6) is 11.5 Å². The van der Waals surface area contributed by atoms with Crippen molar-refractivity contribution in [3.63, 3.8) is 0 Å². The Morgan fingerprint density at radius 3 is 2.46 bits per heavy atom. The Kier molecular flexibility index (Phi) is 5.88. The van der Waals surface area contributed by atoms with Crippen molar-refractivity contribution in [2.45, 2.75) is 13.5 Å². The molecular formula is C22H22N2O2. The molecule has 0 unspecified atom stereocenters. The molecule has 0 atom stereocenters. The van der Waals surface area contributed by atoms with Gasteiger partial charge in [0.15, 0.2) is 11.5 Å². The van der Waals surface area contributed by atoms with Crippen molar-refractivity contribution in [2.24, 2.45) is 5.10 Å². The number of anilines is 1. The zero-order valence-electron chi connectivity index (χ0n) is 15.0. The van der Waals surface area contributed by atoms with E-state index in [0.29, 0.717) is 18.1 Å². The number of rotatable bonds is 7. The number of hydrazone groups is 1. The van der Waals surface area contributed by atoms with Gasteiger partial charge < -0.3 is 9.47 Å². The van der Waals surface area contributed by atoms with Crippen LogP contribution in [0.4, 0.5) is 5.69 Å². The fourth-order valence-electron chi connectivity index (χ4n) is 2.50. The molecule has 0 bridgehead atoms. The van der Waals surface area contributed by atoms with Crippen molar-refractivity contribution in [3.05, 3.63) is 89.5 Å². The van der Waals surface area contributed by atoms with Crippen LogP contribution in [0, 0.1) is 6.92 Å². The van der Waals surface area contributed by atoms with Crippen LogP contribution >= 0.6 is 0 Å². The van der Waals surface area contributed by atoms with E-state index in [2.05, 4.69) is 10.5 Å². The first-order chi connectivity index (χ1) is 12.8. The molecule has 0 radical (unpaired) electrons. The second kappa shape index (κ2) is 8.72. The van der Waals surface area contributed by atoms with Crippen LogP contribution in [-0.2, 0) is 6.61 Å². The maximum Gasteiger partial charge on any atom is 0.162 e. The highest BCUT2D eigenvalue weighted by Gasteiger charge is 2.05. The Morgan fingerprint density at radius 1 is 0.923 bits per heavy atom. The summed E-state index contributed by atoms with van der Waals surface area (Å²) in [5, 5.41) is 4.32. The van der Waals surface area contributed by atoms with E-state index in [0.717, 1.165) is 22.4 Å². The van der Waals surface area contributed by atoms with Gasteiger partial charge in [-0.1, -0.05) is 48.5 Å². The van der Waals surface area contributed by atoms with Crippen LogP contribution in [0.1, 0.15) is 16.7 Å². The van der Waals surface area contributed by atoms with E-state index in [1.807, 2.05) is 79.7 Å². The summed E-state index contributed by atoms with van der Waals surface area (Å²) in [5.74, 6) is 1.39. The average Bonchev–Trinajstić information content (AvgIpc) is 2.69. The smallest absolute Gasteiger partial charge is 0.162 e. The summed E-state index contributed by atoms with van der Waals surface area (Å²) in [5.41, 5.74) is 7.23. The topological polar surface area (TPSA) is 42.8 Å². The third-order valence-corrected chi connectivity index (χ3v) is 3.97. The van der Waals surface area contributed by atoms with Crippen molar-refractivity contribution in [1.29, 1.82) is 0 Å². The third-order valence-electron chi connectivity index (χ3n) is 3.97. The van der Waals surface area contributed by atoms with Crippen LogP contribution in [0.15, 0.2) is 77.9 Å². The van der Waals surface area contributed by atoms with Crippen LogP contribution in [0.25, 0.3) is 0 Å². The van der Waals surface area contributed by atoms with Crippen molar-refractivity contribution in [3.8, 4) is 11.5 Å². The molecule has 3 aromatic carbocycles. The highest BCUT2D eigenvalue weighted by atomic mass is 16.5. The normalized spacial score (nSPS) is 10.7. The van der Waals surface area contributed by atoms with E-state index >= 15 is 0 Å². The summed E-state index contributed by atoms with van der Waals surface area (Å²) in [6, 6.07) is 23.8. The third kappa shape index (κ3) is 4.63. The zero-order valence-corrected chi connectivity index (χ0v) is 15.0. The molecule has 3 aromatic rings. The predicted molar refractivity (Wildman–Crippen MR) is 106 cm³/mol. The maximum atomic E-state index is 5.93. The second-order valence-corrected chi connectivity index (χ2v) is 5.87. The monoisotopic (exact) mass is 346 g/mol. The van der Waals surface area contributed by atoms with Gasteiger partial charge in [-0.05, 0) is 47.9 Å². The number of hydrogen-bond donors (Lipinski definition) is 1. The average molecular weight is 346 g/mol. The first-order valence-corrected chi connectivity index (χ1v) is 8.46. The zero-order chi connectivity index (χ0) is 18.2. The summed E-state index contributed by atoms with van der Waals surface area (Å²) in [4.78, 5) is 0. The van der Waals surface area contributed by atoms with Gasteiger partial charge in [-0.3, -0.25) is 5.43 Å². The largest absolute Gasteiger partial charge is 0.493 e. The number of ether oxygens (including phenoxy) is 2. The van der Waals surface area contributed by atoms with Crippen molar-refractivity contribution in [1.82, 2.24) is 0 Å². The van der Waals surface area contributed by atoms with E-state index in [1.165, 1.54) is 0 Å². The number of para-hydroxylation sites is 1. The van der Waals surface area contributed by atoms with Crippen LogP contribution in [0.2, 0.25) is 0 Å². The number of benzene rings is 3. The molecule has 4 heteroatoms. The fraction of sp³-hybridized carbons (Fsp3) is 0.136. The molecule has 4 nitrogen and oxygen atoms in total. The van der Waals surface area contributed by atoms with Gasteiger partial charge in [0.2, 0.25) is 0 Å². The van der Waals surface area contributed by atoms with Crippen LogP contribution < -0.4 is 14.9 Å². The van der Waals surface area contributed by atoms with Gasteiger partial charge in [0.1, 0.15) is 6.61 Å². The van der Waals surface area contributed by atoms with Gasteiger partial charge in [0.25, 0.3) is 0 Å². The van der Waals surface area contributed by atoms with Crippen LogP contribution in [-0.4, -0.2) is 13.3 Å². The number of methoxy groups -OCH3 is 1. The lowest BCUT2D eigenvalue weighted by Crippen LogP contribution is -1.99. The van der Waals surface area contributed by atoms with E-state index in [-0.39, 0.29) is 0 Å². The van der Waals surface area contributed by atoms with Gasteiger partial charge in [-0.15, -0.1) is 0 Å². The van der Waals surface area contributed by atoms with E-state index in [4.69, 9.17) is 9.47 Å².